The van der Waals surface area contributed by atoms with Crippen LogP contribution in [0.15, 0.2) is 22.7 Å². The molecular formula is C14H17F2N3O. The summed E-state index contributed by atoms with van der Waals surface area (Å²) in [6.07, 6.45) is 0. The molecular weight excluding hydrogens is 264 g/mol. The molecule has 0 aliphatic heterocycles. The number of benzene rings is 1. The molecule has 1 aromatic carbocycles. The van der Waals surface area contributed by atoms with E-state index in [1.807, 2.05) is 20.8 Å². The fraction of sp³-hybridized carbons (Fsp3) is 0.429. The highest BCUT2D eigenvalue weighted by atomic mass is 19.1. The first kappa shape index (κ1) is 14.6. The van der Waals surface area contributed by atoms with Crippen LogP contribution in [0.2, 0.25) is 0 Å². The molecule has 2 rings (SSSR count). The van der Waals surface area contributed by atoms with Crippen LogP contribution >= 0.6 is 0 Å². The third-order valence-corrected chi connectivity index (χ3v) is 3.13. The Hall–Kier alpha value is -1.82. The first-order valence-electron chi connectivity index (χ1n) is 6.44. The van der Waals surface area contributed by atoms with Gasteiger partial charge in [0.05, 0.1) is 5.92 Å². The number of hydrogen-bond acceptors (Lipinski definition) is 4. The zero-order valence-electron chi connectivity index (χ0n) is 11.6. The van der Waals surface area contributed by atoms with Gasteiger partial charge in [-0.2, -0.15) is 4.98 Å². The molecule has 0 bridgehead atoms. The fourth-order valence-electron chi connectivity index (χ4n) is 2.29. The Morgan fingerprint density at radius 1 is 1.10 bits per heavy atom. The summed E-state index contributed by atoms with van der Waals surface area (Å²) in [5.41, 5.74) is 6.16. The molecule has 0 spiro atoms. The van der Waals surface area contributed by atoms with Crippen LogP contribution in [0.25, 0.3) is 11.4 Å². The van der Waals surface area contributed by atoms with E-state index in [0.717, 1.165) is 18.2 Å². The van der Waals surface area contributed by atoms with Gasteiger partial charge in [-0.3, -0.25) is 0 Å². The van der Waals surface area contributed by atoms with Gasteiger partial charge in [-0.25, -0.2) is 8.78 Å². The van der Waals surface area contributed by atoms with Crippen LogP contribution < -0.4 is 5.73 Å². The van der Waals surface area contributed by atoms with Crippen LogP contribution in [-0.4, -0.2) is 16.2 Å². The highest BCUT2D eigenvalue weighted by molar-refractivity contribution is 5.54. The van der Waals surface area contributed by atoms with Crippen molar-refractivity contribution in [2.75, 3.05) is 0 Å². The van der Waals surface area contributed by atoms with Crippen molar-refractivity contribution >= 4 is 0 Å². The molecule has 20 heavy (non-hydrogen) atoms. The molecule has 0 aliphatic rings. The lowest BCUT2D eigenvalue weighted by Crippen LogP contribution is -2.28. The van der Waals surface area contributed by atoms with Gasteiger partial charge in [0, 0.05) is 17.7 Å². The van der Waals surface area contributed by atoms with Gasteiger partial charge in [0.2, 0.25) is 11.7 Å². The quantitative estimate of drug-likeness (QED) is 0.935. The van der Waals surface area contributed by atoms with Crippen molar-refractivity contribution in [3.63, 3.8) is 0 Å². The maximum Gasteiger partial charge on any atom is 0.231 e. The summed E-state index contributed by atoms with van der Waals surface area (Å²) >= 11 is 0. The van der Waals surface area contributed by atoms with Crippen molar-refractivity contribution in [1.29, 1.82) is 0 Å². The minimum atomic E-state index is -0.682. The molecule has 0 saturated carbocycles. The van der Waals surface area contributed by atoms with E-state index in [4.69, 9.17) is 10.3 Å². The Kier molecular flexibility index (Phi) is 4.13. The second-order valence-electron chi connectivity index (χ2n) is 5.24. The minimum Gasteiger partial charge on any atom is -0.339 e. The predicted octanol–water partition coefficient (Wildman–Crippen LogP) is 3.10. The molecule has 0 fully saturated rings. The van der Waals surface area contributed by atoms with Gasteiger partial charge in [0.15, 0.2) is 0 Å². The van der Waals surface area contributed by atoms with Crippen molar-refractivity contribution < 1.29 is 13.3 Å². The smallest absolute Gasteiger partial charge is 0.231 e. The zero-order chi connectivity index (χ0) is 14.9. The van der Waals surface area contributed by atoms with E-state index in [0.29, 0.717) is 5.89 Å². The van der Waals surface area contributed by atoms with Crippen molar-refractivity contribution in [1.82, 2.24) is 10.1 Å². The molecule has 2 atom stereocenters. The summed E-state index contributed by atoms with van der Waals surface area (Å²) in [7, 11) is 0. The highest BCUT2D eigenvalue weighted by Crippen LogP contribution is 2.28. The number of hydrogen-bond donors (Lipinski definition) is 1. The van der Waals surface area contributed by atoms with E-state index < -0.39 is 11.6 Å². The number of nitrogens with zero attached hydrogens (tertiary/aromatic N) is 2. The van der Waals surface area contributed by atoms with E-state index in [9.17, 15) is 8.78 Å². The third kappa shape index (κ3) is 3.01. The minimum absolute atomic E-state index is 0.102. The third-order valence-electron chi connectivity index (χ3n) is 3.13. The first-order chi connectivity index (χ1) is 9.38. The number of rotatable bonds is 4. The van der Waals surface area contributed by atoms with Gasteiger partial charge in [-0.1, -0.05) is 19.0 Å². The van der Waals surface area contributed by atoms with Gasteiger partial charge in [-0.15, -0.1) is 0 Å². The van der Waals surface area contributed by atoms with Crippen LogP contribution in [0.1, 0.15) is 32.6 Å². The first-order valence-corrected chi connectivity index (χ1v) is 6.44. The number of nitrogens with two attached hydrogens (primary N) is 1. The Balaban J connectivity index is 2.37. The lowest BCUT2D eigenvalue weighted by molar-refractivity contribution is 0.300. The van der Waals surface area contributed by atoms with Gasteiger partial charge >= 0.3 is 0 Å². The maximum absolute atomic E-state index is 13.2. The predicted molar refractivity (Wildman–Crippen MR) is 70.9 cm³/mol. The van der Waals surface area contributed by atoms with Crippen LogP contribution in [0.5, 0.6) is 0 Å². The molecule has 0 amide bonds. The molecule has 0 radical (unpaired) electrons. The van der Waals surface area contributed by atoms with Crippen molar-refractivity contribution in [2.24, 2.45) is 11.7 Å². The molecule has 2 aromatic rings. The van der Waals surface area contributed by atoms with E-state index in [1.54, 1.807) is 0 Å². The van der Waals surface area contributed by atoms with Crippen LogP contribution in [0.4, 0.5) is 8.78 Å². The Morgan fingerprint density at radius 2 is 1.70 bits per heavy atom. The normalized spacial score (nSPS) is 14.6. The Labute approximate surface area is 116 Å². The topological polar surface area (TPSA) is 64.9 Å². The highest BCUT2D eigenvalue weighted by Gasteiger charge is 2.26. The molecule has 6 heteroatoms. The van der Waals surface area contributed by atoms with Crippen LogP contribution in [0, 0.1) is 17.6 Å². The summed E-state index contributed by atoms with van der Waals surface area (Å²) in [5.74, 6) is -0.709. The monoisotopic (exact) mass is 281 g/mol. The summed E-state index contributed by atoms with van der Waals surface area (Å²) < 4.78 is 31.6. The SMILES string of the molecule is CC(C)C(c1nc(-c2cc(F)cc(F)c2)no1)C(C)N. The van der Waals surface area contributed by atoms with Crippen LogP contribution in [0.3, 0.4) is 0 Å². The fourth-order valence-corrected chi connectivity index (χ4v) is 2.29. The molecule has 1 aromatic heterocycles. The molecule has 108 valence electrons. The summed E-state index contributed by atoms with van der Waals surface area (Å²) in [6.45, 7) is 5.86. The van der Waals surface area contributed by atoms with Gasteiger partial charge in [0.25, 0.3) is 0 Å². The zero-order valence-corrected chi connectivity index (χ0v) is 11.6. The molecule has 2 N–H and O–H groups in total. The van der Waals surface area contributed by atoms with E-state index in [1.165, 1.54) is 0 Å². The Morgan fingerprint density at radius 3 is 2.20 bits per heavy atom. The molecule has 0 aliphatic carbocycles. The van der Waals surface area contributed by atoms with Crippen molar-refractivity contribution in [3.8, 4) is 11.4 Å². The average Bonchev–Trinajstić information content (AvgIpc) is 2.75. The summed E-state index contributed by atoms with van der Waals surface area (Å²) in [5, 5.41) is 3.78. The van der Waals surface area contributed by atoms with Gasteiger partial charge in [0.1, 0.15) is 11.6 Å². The van der Waals surface area contributed by atoms with Crippen LogP contribution in [-0.2, 0) is 0 Å². The van der Waals surface area contributed by atoms with E-state index in [2.05, 4.69) is 10.1 Å². The van der Waals surface area contributed by atoms with Crippen molar-refractivity contribution in [2.45, 2.75) is 32.7 Å². The lowest BCUT2D eigenvalue weighted by atomic mass is 9.90. The number of halogens is 2. The Bertz CT molecular complexity index is 568. The second kappa shape index (κ2) is 5.66. The van der Waals surface area contributed by atoms with E-state index in [-0.39, 0.29) is 29.3 Å². The average molecular weight is 281 g/mol. The molecule has 0 saturated heterocycles. The van der Waals surface area contributed by atoms with E-state index >= 15 is 0 Å². The second-order valence-corrected chi connectivity index (χ2v) is 5.24. The summed E-state index contributed by atoms with van der Waals surface area (Å²) in [4.78, 5) is 4.21. The molecule has 1 heterocycles. The molecule has 2 unspecified atom stereocenters. The maximum atomic E-state index is 13.2. The van der Waals surface area contributed by atoms with Gasteiger partial charge < -0.3 is 10.3 Å². The number of aromatic nitrogens is 2. The largest absolute Gasteiger partial charge is 0.339 e. The molecule has 4 nitrogen and oxygen atoms in total. The van der Waals surface area contributed by atoms with Crippen molar-refractivity contribution in [3.05, 3.63) is 35.7 Å². The standard InChI is InChI=1S/C14H17F2N3O/c1-7(2)12(8(3)17)14-18-13(19-20-14)9-4-10(15)6-11(16)5-9/h4-8,12H,17H2,1-3H3. The van der Waals surface area contributed by atoms with Gasteiger partial charge in [-0.05, 0) is 25.0 Å². The summed E-state index contributed by atoms with van der Waals surface area (Å²) in [6, 6.07) is 2.96. The lowest BCUT2D eigenvalue weighted by Gasteiger charge is -2.20.